The number of carbonyl (C=O) groups excluding carboxylic acids is 1. The van der Waals surface area contributed by atoms with Gasteiger partial charge in [-0.15, -0.1) is 0 Å². The third-order valence-corrected chi connectivity index (χ3v) is 3.96. The maximum Gasteiger partial charge on any atom is 0.332 e. The van der Waals surface area contributed by atoms with E-state index in [-0.39, 0.29) is 17.5 Å². The Kier molecular flexibility index (Phi) is 5.59. The third-order valence-electron chi connectivity index (χ3n) is 3.96. The zero-order valence-electron chi connectivity index (χ0n) is 14.7. The van der Waals surface area contributed by atoms with Crippen LogP contribution in [0.2, 0.25) is 0 Å². The molecule has 2 rings (SSSR count). The molecule has 0 bridgehead atoms. The van der Waals surface area contributed by atoms with Gasteiger partial charge in [-0.1, -0.05) is 26.0 Å². The summed E-state index contributed by atoms with van der Waals surface area (Å²) in [4.78, 5) is 38.1. The smallest absolute Gasteiger partial charge is 0.332 e. The van der Waals surface area contributed by atoms with Gasteiger partial charge in [-0.25, -0.2) is 4.79 Å². The van der Waals surface area contributed by atoms with Crippen molar-refractivity contribution in [2.75, 3.05) is 0 Å². The fourth-order valence-corrected chi connectivity index (χ4v) is 2.92. The molecule has 0 radical (unpaired) electrons. The van der Waals surface area contributed by atoms with Crippen LogP contribution in [0.1, 0.15) is 46.6 Å². The largest absolute Gasteiger partial charge is 0.352 e. The maximum atomic E-state index is 12.9. The highest BCUT2D eigenvalue weighted by molar-refractivity contribution is 5.84. The van der Waals surface area contributed by atoms with E-state index in [2.05, 4.69) is 5.32 Å². The van der Waals surface area contributed by atoms with E-state index in [1.54, 1.807) is 24.3 Å². The van der Waals surface area contributed by atoms with Crippen LogP contribution in [0.5, 0.6) is 0 Å². The number of carbonyl (C=O) groups is 1. The molecule has 6 nitrogen and oxygen atoms in total. The number of rotatable bonds is 6. The van der Waals surface area contributed by atoms with Gasteiger partial charge in [-0.05, 0) is 38.8 Å². The molecule has 1 aromatic heterocycles. The Morgan fingerprint density at radius 1 is 1.17 bits per heavy atom. The Morgan fingerprint density at radius 2 is 1.83 bits per heavy atom. The van der Waals surface area contributed by atoms with Crippen LogP contribution < -0.4 is 16.6 Å². The first kappa shape index (κ1) is 18.0. The Labute approximate surface area is 141 Å². The summed E-state index contributed by atoms with van der Waals surface area (Å²) in [7, 11) is 0. The molecule has 2 aromatic rings. The fraction of sp³-hybridized carbons (Fsp3) is 0.500. The van der Waals surface area contributed by atoms with Gasteiger partial charge >= 0.3 is 5.69 Å². The van der Waals surface area contributed by atoms with Crippen LogP contribution >= 0.6 is 0 Å². The molecule has 1 heterocycles. The summed E-state index contributed by atoms with van der Waals surface area (Å²) in [6, 6.07) is 6.30. The molecule has 0 spiro atoms. The van der Waals surface area contributed by atoms with Gasteiger partial charge in [0, 0.05) is 12.6 Å². The van der Waals surface area contributed by atoms with Crippen LogP contribution in [-0.4, -0.2) is 21.1 Å². The number of para-hydroxylation sites is 1. The van der Waals surface area contributed by atoms with E-state index in [0.717, 1.165) is 0 Å². The zero-order chi connectivity index (χ0) is 17.9. The molecular weight excluding hydrogens is 306 g/mol. The van der Waals surface area contributed by atoms with Crippen LogP contribution in [0.15, 0.2) is 33.9 Å². The van der Waals surface area contributed by atoms with Crippen LogP contribution in [0.25, 0.3) is 10.9 Å². The summed E-state index contributed by atoms with van der Waals surface area (Å²) in [6.07, 6.45) is 1.13. The van der Waals surface area contributed by atoms with Gasteiger partial charge in [-0.2, -0.15) is 0 Å². The Hall–Kier alpha value is -2.37. The minimum atomic E-state index is -0.645. The number of hydrogen-bond acceptors (Lipinski definition) is 3. The molecule has 1 atom stereocenters. The maximum absolute atomic E-state index is 12.9. The molecule has 6 heteroatoms. The van der Waals surface area contributed by atoms with Crippen molar-refractivity contribution in [3.8, 4) is 0 Å². The Balaban J connectivity index is 2.78. The molecule has 0 unspecified atom stereocenters. The number of nitrogens with one attached hydrogen (secondary N) is 1. The van der Waals surface area contributed by atoms with Crippen LogP contribution in [-0.2, 0) is 11.3 Å². The molecule has 0 saturated heterocycles. The zero-order valence-corrected chi connectivity index (χ0v) is 14.7. The molecule has 0 fully saturated rings. The van der Waals surface area contributed by atoms with Gasteiger partial charge in [0.1, 0.15) is 6.04 Å². The molecule has 0 aliphatic heterocycles. The van der Waals surface area contributed by atoms with E-state index < -0.39 is 11.7 Å². The third kappa shape index (κ3) is 3.27. The molecule has 24 heavy (non-hydrogen) atoms. The highest BCUT2D eigenvalue weighted by Gasteiger charge is 2.24. The van der Waals surface area contributed by atoms with Crippen molar-refractivity contribution in [1.82, 2.24) is 14.5 Å². The average molecular weight is 331 g/mol. The summed E-state index contributed by atoms with van der Waals surface area (Å²) >= 11 is 0. The van der Waals surface area contributed by atoms with Crippen molar-refractivity contribution >= 4 is 16.8 Å². The predicted octanol–water partition coefficient (Wildman–Crippen LogP) is 2.05. The molecular formula is C18H25N3O3. The molecule has 1 aromatic carbocycles. The highest BCUT2D eigenvalue weighted by Crippen LogP contribution is 2.16. The number of nitrogens with zero attached hydrogens (tertiary/aromatic N) is 2. The van der Waals surface area contributed by atoms with Gasteiger partial charge in [0.2, 0.25) is 5.91 Å². The lowest BCUT2D eigenvalue weighted by Crippen LogP contribution is -2.46. The number of aromatic nitrogens is 2. The van der Waals surface area contributed by atoms with Crippen molar-refractivity contribution in [3.63, 3.8) is 0 Å². The Morgan fingerprint density at radius 3 is 2.42 bits per heavy atom. The lowest BCUT2D eigenvalue weighted by molar-refractivity contribution is -0.124. The summed E-state index contributed by atoms with van der Waals surface area (Å²) in [5, 5.41) is 3.32. The molecule has 1 N–H and O–H groups in total. The van der Waals surface area contributed by atoms with Crippen molar-refractivity contribution in [2.24, 2.45) is 0 Å². The predicted molar refractivity (Wildman–Crippen MR) is 95.4 cm³/mol. The SMILES string of the molecule is CCCn1c(=O)c2ccccc2n([C@@H](CC)C(=O)NC(C)C)c1=O. The van der Waals surface area contributed by atoms with E-state index in [9.17, 15) is 14.4 Å². The summed E-state index contributed by atoms with van der Waals surface area (Å²) < 4.78 is 2.69. The molecule has 0 aliphatic rings. The molecule has 0 aliphatic carbocycles. The standard InChI is InChI=1S/C18H25N3O3/c1-5-11-20-17(23)13-9-7-8-10-15(13)21(18(20)24)14(6-2)16(22)19-12(3)4/h7-10,12,14H,5-6,11H2,1-4H3,(H,19,22)/t14-/m0/s1. The Bertz CT molecular complexity index is 849. The quantitative estimate of drug-likeness (QED) is 0.880. The van der Waals surface area contributed by atoms with Gasteiger partial charge < -0.3 is 5.32 Å². The van der Waals surface area contributed by atoms with E-state index >= 15 is 0 Å². The second kappa shape index (κ2) is 7.47. The lowest BCUT2D eigenvalue weighted by Gasteiger charge is -2.22. The van der Waals surface area contributed by atoms with Crippen molar-refractivity contribution in [1.29, 1.82) is 0 Å². The first-order valence-electron chi connectivity index (χ1n) is 8.46. The molecule has 0 saturated carbocycles. The monoisotopic (exact) mass is 331 g/mol. The van der Waals surface area contributed by atoms with E-state index in [1.807, 2.05) is 27.7 Å². The van der Waals surface area contributed by atoms with Crippen molar-refractivity contribution in [2.45, 2.75) is 59.2 Å². The lowest BCUT2D eigenvalue weighted by atomic mass is 10.1. The average Bonchev–Trinajstić information content (AvgIpc) is 2.54. The molecule has 130 valence electrons. The minimum Gasteiger partial charge on any atom is -0.352 e. The number of hydrogen-bond donors (Lipinski definition) is 1. The number of amides is 1. The van der Waals surface area contributed by atoms with Crippen molar-refractivity contribution < 1.29 is 4.79 Å². The normalized spacial score (nSPS) is 12.5. The van der Waals surface area contributed by atoms with E-state index in [0.29, 0.717) is 30.3 Å². The highest BCUT2D eigenvalue weighted by atomic mass is 16.2. The summed E-state index contributed by atoms with van der Waals surface area (Å²) in [5.41, 5.74) is -0.218. The van der Waals surface area contributed by atoms with Gasteiger partial charge in [0.05, 0.1) is 10.9 Å². The molecule has 1 amide bonds. The van der Waals surface area contributed by atoms with Crippen LogP contribution in [0, 0.1) is 0 Å². The van der Waals surface area contributed by atoms with E-state index in [1.165, 1.54) is 9.13 Å². The second-order valence-corrected chi connectivity index (χ2v) is 6.21. The van der Waals surface area contributed by atoms with Gasteiger partial charge in [0.25, 0.3) is 5.56 Å². The second-order valence-electron chi connectivity index (χ2n) is 6.21. The topological polar surface area (TPSA) is 73.1 Å². The first-order valence-corrected chi connectivity index (χ1v) is 8.46. The number of fused-ring (bicyclic) bond motifs is 1. The van der Waals surface area contributed by atoms with Gasteiger partial charge in [0.15, 0.2) is 0 Å². The number of benzene rings is 1. The van der Waals surface area contributed by atoms with Crippen LogP contribution in [0.4, 0.5) is 0 Å². The summed E-state index contributed by atoms with van der Waals surface area (Å²) in [6.45, 7) is 7.87. The summed E-state index contributed by atoms with van der Waals surface area (Å²) in [5.74, 6) is -0.207. The fourth-order valence-electron chi connectivity index (χ4n) is 2.92. The first-order chi connectivity index (χ1) is 11.4. The van der Waals surface area contributed by atoms with Gasteiger partial charge in [-0.3, -0.25) is 18.7 Å². The van der Waals surface area contributed by atoms with E-state index in [4.69, 9.17) is 0 Å². The minimum absolute atomic E-state index is 0.0185. The van der Waals surface area contributed by atoms with Crippen LogP contribution in [0.3, 0.4) is 0 Å². The van der Waals surface area contributed by atoms with Crippen molar-refractivity contribution in [3.05, 3.63) is 45.1 Å².